The van der Waals surface area contributed by atoms with Crippen LogP contribution in [0.15, 0.2) is 47.5 Å². The van der Waals surface area contributed by atoms with Gasteiger partial charge in [0, 0.05) is 6.20 Å². The van der Waals surface area contributed by atoms with Crippen LogP contribution in [0.1, 0.15) is 26.5 Å². The van der Waals surface area contributed by atoms with E-state index in [2.05, 4.69) is 25.5 Å². The number of nitrogens with zero attached hydrogens (tertiary/aromatic N) is 5. The molecule has 0 aliphatic carbocycles. The number of fused-ring (bicyclic) bond motifs is 1. The van der Waals surface area contributed by atoms with Gasteiger partial charge in [-0.05, 0) is 51.1 Å². The highest BCUT2D eigenvalue weighted by Crippen LogP contribution is 2.19. The lowest BCUT2D eigenvalue weighted by atomic mass is 10.1. The Morgan fingerprint density at radius 2 is 1.93 bits per heavy atom. The number of nitrogens with one attached hydrogen (secondary N) is 2. The minimum atomic E-state index is -0.281. The van der Waals surface area contributed by atoms with Crippen molar-refractivity contribution < 1.29 is 4.74 Å². The lowest BCUT2D eigenvalue weighted by Crippen LogP contribution is -2.24. The van der Waals surface area contributed by atoms with E-state index in [1.165, 1.54) is 0 Å². The third kappa shape index (κ3) is 3.71. The van der Waals surface area contributed by atoms with Crippen molar-refractivity contribution in [1.82, 2.24) is 29.5 Å². The largest absolute Gasteiger partial charge is 0.497 e. The Labute approximate surface area is 167 Å². The molecule has 0 spiro atoms. The first-order chi connectivity index (χ1) is 13.8. The zero-order valence-electron chi connectivity index (χ0n) is 16.8. The normalized spacial score (nSPS) is 11.7. The van der Waals surface area contributed by atoms with Crippen LogP contribution in [0.5, 0.6) is 5.75 Å². The van der Waals surface area contributed by atoms with Crippen LogP contribution in [0.25, 0.3) is 16.7 Å². The van der Waals surface area contributed by atoms with Crippen molar-refractivity contribution in [2.75, 3.05) is 12.4 Å². The van der Waals surface area contributed by atoms with Gasteiger partial charge in [-0.15, -0.1) is 0 Å². The average Bonchev–Trinajstić information content (AvgIpc) is 3.33. The molecule has 4 aromatic rings. The molecule has 29 heavy (non-hydrogen) atoms. The fourth-order valence-electron chi connectivity index (χ4n) is 3.00. The molecule has 3 aromatic heterocycles. The van der Waals surface area contributed by atoms with Gasteiger partial charge >= 0.3 is 0 Å². The lowest BCUT2D eigenvalue weighted by Gasteiger charge is -2.19. The summed E-state index contributed by atoms with van der Waals surface area (Å²) in [5.41, 5.74) is 1.79. The van der Waals surface area contributed by atoms with E-state index in [1.54, 1.807) is 22.7 Å². The van der Waals surface area contributed by atoms with Gasteiger partial charge in [-0.3, -0.25) is 9.78 Å². The predicted molar refractivity (Wildman–Crippen MR) is 111 cm³/mol. The molecule has 0 atom stereocenters. The number of benzene rings is 1. The van der Waals surface area contributed by atoms with Crippen LogP contribution in [-0.2, 0) is 12.1 Å². The van der Waals surface area contributed by atoms with Gasteiger partial charge in [-0.25, -0.2) is 9.36 Å². The fraction of sp³-hybridized carbons (Fsp3) is 0.300. The second kappa shape index (κ2) is 7.08. The number of hydrogen-bond donors (Lipinski definition) is 2. The topological polar surface area (TPSA) is 103 Å². The molecule has 0 bridgehead atoms. The fourth-order valence-corrected chi connectivity index (χ4v) is 3.00. The molecule has 0 saturated carbocycles. The molecule has 9 heteroatoms. The van der Waals surface area contributed by atoms with Gasteiger partial charge < -0.3 is 10.1 Å². The Morgan fingerprint density at radius 1 is 1.17 bits per heavy atom. The number of anilines is 1. The van der Waals surface area contributed by atoms with Crippen LogP contribution in [0, 0.1) is 0 Å². The zero-order valence-corrected chi connectivity index (χ0v) is 16.8. The van der Waals surface area contributed by atoms with E-state index < -0.39 is 0 Å². The van der Waals surface area contributed by atoms with Crippen molar-refractivity contribution in [3.05, 3.63) is 58.8 Å². The Bertz CT molecular complexity index is 1200. The molecule has 4 rings (SSSR count). The average molecular weight is 393 g/mol. The minimum Gasteiger partial charge on any atom is -0.497 e. The smallest absolute Gasteiger partial charge is 0.263 e. The Kier molecular flexibility index (Phi) is 4.57. The predicted octanol–water partition coefficient (Wildman–Crippen LogP) is 2.68. The van der Waals surface area contributed by atoms with Crippen molar-refractivity contribution >= 4 is 17.0 Å². The Morgan fingerprint density at radius 3 is 2.62 bits per heavy atom. The number of rotatable bonds is 5. The molecule has 3 heterocycles. The van der Waals surface area contributed by atoms with Gasteiger partial charge in [0.15, 0.2) is 5.65 Å². The molecule has 1 aromatic carbocycles. The van der Waals surface area contributed by atoms with Crippen molar-refractivity contribution in [1.29, 1.82) is 0 Å². The molecule has 150 valence electrons. The summed E-state index contributed by atoms with van der Waals surface area (Å²) in [6, 6.07) is 9.55. The summed E-state index contributed by atoms with van der Waals surface area (Å²) < 4.78 is 8.71. The van der Waals surface area contributed by atoms with E-state index in [-0.39, 0.29) is 11.1 Å². The first kappa shape index (κ1) is 18.7. The molecule has 0 aliphatic heterocycles. The maximum Gasteiger partial charge on any atom is 0.263 e. The maximum absolute atomic E-state index is 12.4. The first-order valence-electron chi connectivity index (χ1n) is 9.26. The van der Waals surface area contributed by atoms with Crippen LogP contribution in [-0.4, -0.2) is 36.6 Å². The van der Waals surface area contributed by atoms with Crippen LogP contribution in [0.2, 0.25) is 0 Å². The summed E-state index contributed by atoms with van der Waals surface area (Å²) in [6.45, 7) is 6.46. The van der Waals surface area contributed by atoms with Gasteiger partial charge in [0.25, 0.3) is 5.56 Å². The Hall–Kier alpha value is -3.62. The van der Waals surface area contributed by atoms with Crippen molar-refractivity contribution in [3.8, 4) is 11.4 Å². The number of ether oxygens (including phenoxy) is 1. The molecule has 9 nitrogen and oxygen atoms in total. The summed E-state index contributed by atoms with van der Waals surface area (Å²) in [5.74, 6) is 1.18. The number of aromatic amines is 1. The molecule has 0 amide bonds. The second-order valence-corrected chi connectivity index (χ2v) is 7.68. The van der Waals surface area contributed by atoms with E-state index in [4.69, 9.17) is 4.74 Å². The van der Waals surface area contributed by atoms with E-state index in [9.17, 15) is 4.79 Å². The summed E-state index contributed by atoms with van der Waals surface area (Å²) in [5, 5.41) is 12.5. The number of methoxy groups -OCH3 is 1. The summed E-state index contributed by atoms with van der Waals surface area (Å²) in [6.07, 6.45) is 3.43. The van der Waals surface area contributed by atoms with Crippen LogP contribution in [0.3, 0.4) is 0 Å². The molecule has 2 N–H and O–H groups in total. The lowest BCUT2D eigenvalue weighted by molar-refractivity contribution is 0.366. The van der Waals surface area contributed by atoms with E-state index >= 15 is 0 Å². The van der Waals surface area contributed by atoms with Crippen molar-refractivity contribution in [2.45, 2.75) is 32.9 Å². The summed E-state index contributed by atoms with van der Waals surface area (Å²) >= 11 is 0. The summed E-state index contributed by atoms with van der Waals surface area (Å²) in [7, 11) is 1.64. The molecular formula is C20H23N7O2. The number of hydrogen-bond acceptors (Lipinski definition) is 6. The van der Waals surface area contributed by atoms with E-state index in [0.29, 0.717) is 23.5 Å². The van der Waals surface area contributed by atoms with Gasteiger partial charge in [0.1, 0.15) is 11.1 Å². The first-order valence-corrected chi connectivity index (χ1v) is 9.26. The van der Waals surface area contributed by atoms with Gasteiger partial charge in [-0.2, -0.15) is 15.2 Å². The van der Waals surface area contributed by atoms with Crippen molar-refractivity contribution in [3.63, 3.8) is 0 Å². The molecule has 0 unspecified atom stereocenters. The maximum atomic E-state index is 12.4. The monoisotopic (exact) mass is 393 g/mol. The van der Waals surface area contributed by atoms with Crippen LogP contribution >= 0.6 is 0 Å². The summed E-state index contributed by atoms with van der Waals surface area (Å²) in [4.78, 5) is 19.7. The molecule has 0 aliphatic rings. The Balaban J connectivity index is 1.54. The standard InChI is InChI=1S/C20H23N7O2/c1-20(2,3)27-17-16(12-22-27)18(28)24-19(23-17)21-11-13-9-10-26(25-13)14-5-7-15(29-4)8-6-14/h5-10,12H,11H2,1-4H3,(H2,21,23,24,28). The zero-order chi connectivity index (χ0) is 20.6. The quantitative estimate of drug-likeness (QED) is 0.540. The number of H-pyrrole nitrogens is 1. The molecular weight excluding hydrogens is 370 g/mol. The molecule has 0 saturated heterocycles. The van der Waals surface area contributed by atoms with Crippen LogP contribution < -0.4 is 15.6 Å². The SMILES string of the molecule is COc1ccc(-n2ccc(CNc3nc4c(cnn4C(C)(C)C)c(=O)[nH]3)n2)cc1. The van der Waals surface area contributed by atoms with Gasteiger partial charge in [0.05, 0.1) is 36.8 Å². The van der Waals surface area contributed by atoms with Crippen molar-refractivity contribution in [2.24, 2.45) is 0 Å². The third-order valence-corrected chi connectivity index (χ3v) is 4.49. The van der Waals surface area contributed by atoms with Crippen LogP contribution in [0.4, 0.5) is 5.95 Å². The molecule has 0 fully saturated rings. The minimum absolute atomic E-state index is 0.225. The molecule has 0 radical (unpaired) electrons. The highest BCUT2D eigenvalue weighted by Gasteiger charge is 2.19. The second-order valence-electron chi connectivity index (χ2n) is 7.68. The third-order valence-electron chi connectivity index (χ3n) is 4.49. The van der Waals surface area contributed by atoms with Gasteiger partial charge in [-0.1, -0.05) is 0 Å². The highest BCUT2D eigenvalue weighted by atomic mass is 16.5. The van der Waals surface area contributed by atoms with E-state index in [0.717, 1.165) is 17.1 Å². The number of aromatic nitrogens is 6. The van der Waals surface area contributed by atoms with E-state index in [1.807, 2.05) is 57.3 Å². The van der Waals surface area contributed by atoms with Gasteiger partial charge in [0.2, 0.25) is 5.95 Å². The highest BCUT2D eigenvalue weighted by molar-refractivity contribution is 5.74.